The Morgan fingerprint density at radius 1 is 1.04 bits per heavy atom. The number of rotatable bonds is 5. The molecule has 0 atom stereocenters. The van der Waals surface area contributed by atoms with Crippen LogP contribution in [0, 0.1) is 5.82 Å². The van der Waals surface area contributed by atoms with Crippen molar-refractivity contribution in [3.63, 3.8) is 0 Å². The van der Waals surface area contributed by atoms with Crippen LogP contribution < -0.4 is 4.74 Å². The number of aromatic nitrogens is 2. The molecule has 2 heterocycles. The van der Waals surface area contributed by atoms with Crippen molar-refractivity contribution in [2.24, 2.45) is 0 Å². The molecule has 1 aromatic heterocycles. The van der Waals surface area contributed by atoms with Crippen LogP contribution >= 0.6 is 0 Å². The van der Waals surface area contributed by atoms with Gasteiger partial charge >= 0.3 is 0 Å². The van der Waals surface area contributed by atoms with E-state index in [2.05, 4.69) is 23.0 Å². The summed E-state index contributed by atoms with van der Waals surface area (Å²) in [5, 5.41) is 4.80. The number of likely N-dealkylation sites (N-methyl/N-ethyl adjacent to an activating group) is 1. The second kappa shape index (κ2) is 8.12. The molecule has 0 saturated carbocycles. The summed E-state index contributed by atoms with van der Waals surface area (Å²) in [6, 6.07) is 14.4. The summed E-state index contributed by atoms with van der Waals surface area (Å²) in [5.41, 5.74) is 3.68. The predicted molar refractivity (Wildman–Crippen MR) is 108 cm³/mol. The minimum absolute atomic E-state index is 0.248. The first-order valence-corrected chi connectivity index (χ1v) is 9.52. The quantitative estimate of drug-likeness (QED) is 0.679. The van der Waals surface area contributed by atoms with E-state index in [1.54, 1.807) is 19.2 Å². The van der Waals surface area contributed by atoms with Crippen molar-refractivity contribution in [1.29, 1.82) is 0 Å². The first kappa shape index (κ1) is 18.7. The Bertz CT molecular complexity index is 930. The molecule has 0 bridgehead atoms. The van der Waals surface area contributed by atoms with Crippen LogP contribution in [0.5, 0.6) is 5.75 Å². The zero-order chi connectivity index (χ0) is 19.5. The summed E-state index contributed by atoms with van der Waals surface area (Å²) in [6.07, 6.45) is 2.06. The maximum absolute atomic E-state index is 13.8. The molecule has 0 radical (unpaired) electrons. The average Bonchev–Trinajstić information content (AvgIpc) is 3.13. The van der Waals surface area contributed by atoms with Crippen molar-refractivity contribution in [2.45, 2.75) is 6.54 Å². The Labute approximate surface area is 165 Å². The average molecular weight is 380 g/mol. The summed E-state index contributed by atoms with van der Waals surface area (Å²) >= 11 is 0. The number of hydrogen-bond donors (Lipinski definition) is 0. The van der Waals surface area contributed by atoms with Crippen LogP contribution in [0.4, 0.5) is 4.39 Å². The van der Waals surface area contributed by atoms with Gasteiger partial charge in [0.1, 0.15) is 11.6 Å². The molecule has 3 aromatic rings. The number of methoxy groups -OCH3 is 1. The summed E-state index contributed by atoms with van der Waals surface area (Å²) in [4.78, 5) is 4.77. The largest absolute Gasteiger partial charge is 0.497 e. The molecule has 4 rings (SSSR count). The van der Waals surface area contributed by atoms with Crippen LogP contribution in [-0.2, 0) is 6.54 Å². The van der Waals surface area contributed by atoms with Gasteiger partial charge in [0.05, 0.1) is 18.5 Å². The van der Waals surface area contributed by atoms with E-state index in [9.17, 15) is 4.39 Å². The Morgan fingerprint density at radius 2 is 1.79 bits per heavy atom. The monoisotopic (exact) mass is 380 g/mol. The smallest absolute Gasteiger partial charge is 0.123 e. The lowest BCUT2D eigenvalue weighted by atomic mass is 10.1. The molecule has 1 saturated heterocycles. The van der Waals surface area contributed by atoms with E-state index in [1.807, 2.05) is 35.0 Å². The zero-order valence-corrected chi connectivity index (χ0v) is 16.3. The molecule has 146 valence electrons. The van der Waals surface area contributed by atoms with Gasteiger partial charge in [0.25, 0.3) is 0 Å². The first-order chi connectivity index (χ1) is 13.6. The highest BCUT2D eigenvalue weighted by molar-refractivity contribution is 5.63. The third-order valence-electron chi connectivity index (χ3n) is 5.21. The molecule has 6 heteroatoms. The number of hydrogen-bond acceptors (Lipinski definition) is 4. The van der Waals surface area contributed by atoms with Crippen LogP contribution in [0.25, 0.3) is 16.9 Å². The number of ether oxygens (including phenoxy) is 1. The summed E-state index contributed by atoms with van der Waals surface area (Å²) in [6.45, 7) is 4.96. The van der Waals surface area contributed by atoms with Crippen LogP contribution in [0.3, 0.4) is 0 Å². The van der Waals surface area contributed by atoms with Gasteiger partial charge in [-0.05, 0) is 43.4 Å². The van der Waals surface area contributed by atoms with Crippen molar-refractivity contribution >= 4 is 0 Å². The predicted octanol–water partition coefficient (Wildman–Crippen LogP) is 3.43. The summed E-state index contributed by atoms with van der Waals surface area (Å²) in [7, 11) is 3.80. The standard InChI is InChI=1S/C22H25FN4O/c1-25-10-12-26(13-11-25)15-18-16-27(20-6-8-21(28-2)9-7-20)24-22(18)17-4-3-5-19(23)14-17/h3-9,14,16H,10-13,15H2,1-2H3. The van der Waals surface area contributed by atoms with E-state index in [4.69, 9.17) is 9.84 Å². The molecule has 0 unspecified atom stereocenters. The van der Waals surface area contributed by atoms with Gasteiger partial charge in [0.2, 0.25) is 0 Å². The second-order valence-corrected chi connectivity index (χ2v) is 7.24. The van der Waals surface area contributed by atoms with E-state index in [0.29, 0.717) is 0 Å². The van der Waals surface area contributed by atoms with Gasteiger partial charge in [-0.2, -0.15) is 5.10 Å². The van der Waals surface area contributed by atoms with Crippen molar-refractivity contribution in [3.8, 4) is 22.7 Å². The molecule has 0 spiro atoms. The van der Waals surface area contributed by atoms with Crippen LogP contribution in [0.1, 0.15) is 5.56 Å². The zero-order valence-electron chi connectivity index (χ0n) is 16.3. The van der Waals surface area contributed by atoms with E-state index in [0.717, 1.165) is 61.0 Å². The van der Waals surface area contributed by atoms with E-state index in [-0.39, 0.29) is 5.82 Å². The number of benzene rings is 2. The van der Waals surface area contributed by atoms with Gasteiger partial charge in [0, 0.05) is 50.0 Å². The van der Waals surface area contributed by atoms with Crippen molar-refractivity contribution in [1.82, 2.24) is 19.6 Å². The third kappa shape index (κ3) is 4.08. The lowest BCUT2D eigenvalue weighted by Gasteiger charge is -2.32. The van der Waals surface area contributed by atoms with Crippen molar-refractivity contribution in [3.05, 3.63) is 66.1 Å². The highest BCUT2D eigenvalue weighted by Gasteiger charge is 2.19. The van der Waals surface area contributed by atoms with Gasteiger partial charge < -0.3 is 9.64 Å². The molecule has 1 aliphatic rings. The normalized spacial score (nSPS) is 15.7. The maximum Gasteiger partial charge on any atom is 0.123 e. The molecular weight excluding hydrogens is 355 g/mol. The lowest BCUT2D eigenvalue weighted by molar-refractivity contribution is 0.148. The molecule has 1 fully saturated rings. The van der Waals surface area contributed by atoms with Gasteiger partial charge in [-0.25, -0.2) is 9.07 Å². The van der Waals surface area contributed by atoms with Crippen LogP contribution in [0.15, 0.2) is 54.7 Å². The SMILES string of the molecule is COc1ccc(-n2cc(CN3CCN(C)CC3)c(-c3cccc(F)c3)n2)cc1. The molecule has 28 heavy (non-hydrogen) atoms. The van der Waals surface area contributed by atoms with Gasteiger partial charge in [0.15, 0.2) is 0 Å². The van der Waals surface area contributed by atoms with E-state index in [1.165, 1.54) is 6.07 Å². The lowest BCUT2D eigenvalue weighted by Crippen LogP contribution is -2.43. The fourth-order valence-electron chi connectivity index (χ4n) is 3.52. The summed E-state index contributed by atoms with van der Waals surface area (Å²) < 4.78 is 20.9. The third-order valence-corrected chi connectivity index (χ3v) is 5.21. The van der Waals surface area contributed by atoms with Crippen molar-refractivity contribution < 1.29 is 9.13 Å². The molecule has 5 nitrogen and oxygen atoms in total. The van der Waals surface area contributed by atoms with Crippen LogP contribution in [0.2, 0.25) is 0 Å². The molecule has 1 aliphatic heterocycles. The highest BCUT2D eigenvalue weighted by Crippen LogP contribution is 2.26. The molecule has 0 aliphatic carbocycles. The van der Waals surface area contributed by atoms with E-state index < -0.39 is 0 Å². The molecular formula is C22H25FN4O. The van der Waals surface area contributed by atoms with Gasteiger partial charge in [-0.3, -0.25) is 4.90 Å². The highest BCUT2D eigenvalue weighted by atomic mass is 19.1. The minimum Gasteiger partial charge on any atom is -0.497 e. The van der Waals surface area contributed by atoms with Gasteiger partial charge in [-0.15, -0.1) is 0 Å². The fraction of sp³-hybridized carbons (Fsp3) is 0.318. The molecule has 2 aromatic carbocycles. The van der Waals surface area contributed by atoms with Gasteiger partial charge in [-0.1, -0.05) is 12.1 Å². The topological polar surface area (TPSA) is 33.5 Å². The van der Waals surface area contributed by atoms with Crippen molar-refractivity contribution in [2.75, 3.05) is 40.3 Å². The number of halogens is 1. The summed E-state index contributed by atoms with van der Waals surface area (Å²) in [5.74, 6) is 0.556. The molecule has 0 N–H and O–H groups in total. The number of nitrogens with zero attached hydrogens (tertiary/aromatic N) is 4. The Hall–Kier alpha value is -2.70. The minimum atomic E-state index is -0.248. The van der Waals surface area contributed by atoms with Crippen LogP contribution in [-0.4, -0.2) is 59.9 Å². The Kier molecular flexibility index (Phi) is 5.41. The molecule has 0 amide bonds. The maximum atomic E-state index is 13.8. The Morgan fingerprint density at radius 3 is 2.46 bits per heavy atom. The fourth-order valence-corrected chi connectivity index (χ4v) is 3.52. The van der Waals surface area contributed by atoms with E-state index >= 15 is 0 Å². The Balaban J connectivity index is 1.68. The second-order valence-electron chi connectivity index (χ2n) is 7.24. The number of piperazine rings is 1. The first-order valence-electron chi connectivity index (χ1n) is 9.52.